The minimum absolute atomic E-state index is 0.489. The predicted molar refractivity (Wildman–Crippen MR) is 66.2 cm³/mol. The molecule has 0 saturated heterocycles. The zero-order chi connectivity index (χ0) is 11.4. The lowest BCUT2D eigenvalue weighted by Gasteiger charge is -2.05. The van der Waals surface area contributed by atoms with Crippen LogP contribution in [0.2, 0.25) is 0 Å². The highest BCUT2D eigenvalue weighted by molar-refractivity contribution is 7.13. The smallest absolute Gasteiger partial charge is 0.124 e. The van der Waals surface area contributed by atoms with Crippen LogP contribution >= 0.6 is 11.3 Å². The van der Waals surface area contributed by atoms with Gasteiger partial charge in [-0.15, -0.1) is 11.3 Å². The molecule has 3 nitrogen and oxygen atoms in total. The molecule has 4 heteroatoms. The van der Waals surface area contributed by atoms with Crippen LogP contribution in [0.25, 0.3) is 10.6 Å². The van der Waals surface area contributed by atoms with Crippen molar-refractivity contribution >= 4 is 11.3 Å². The molecule has 0 radical (unpaired) electrons. The average molecular weight is 234 g/mol. The molecule has 2 rings (SSSR count). The van der Waals surface area contributed by atoms with E-state index in [-0.39, 0.29) is 0 Å². The van der Waals surface area contributed by atoms with E-state index in [0.29, 0.717) is 13.2 Å². The number of nitrogens with zero attached hydrogens (tertiary/aromatic N) is 1. The van der Waals surface area contributed by atoms with E-state index in [1.54, 1.807) is 18.4 Å². The Balaban J connectivity index is 2.38. The molecule has 2 N–H and O–H groups in total. The second kappa shape index (κ2) is 5.21. The Kier molecular flexibility index (Phi) is 3.66. The normalized spacial score (nSPS) is 10.6. The molecular formula is C12H14N2OS. The largest absolute Gasteiger partial charge is 0.380 e. The highest BCUT2D eigenvalue weighted by atomic mass is 32.1. The molecule has 0 aliphatic carbocycles. The molecule has 0 bridgehead atoms. The van der Waals surface area contributed by atoms with Crippen molar-refractivity contribution in [1.82, 2.24) is 4.98 Å². The van der Waals surface area contributed by atoms with E-state index < -0.39 is 0 Å². The maximum Gasteiger partial charge on any atom is 0.124 e. The summed E-state index contributed by atoms with van der Waals surface area (Å²) in [5.41, 5.74) is 8.78. The minimum atomic E-state index is 0.489. The average Bonchev–Trinajstić information content (AvgIpc) is 2.79. The molecule has 0 amide bonds. The Bertz CT molecular complexity index is 468. The van der Waals surface area contributed by atoms with Gasteiger partial charge in [0, 0.05) is 24.6 Å². The van der Waals surface area contributed by atoms with Gasteiger partial charge < -0.3 is 10.5 Å². The molecule has 0 saturated carbocycles. The maximum atomic E-state index is 5.56. The van der Waals surface area contributed by atoms with E-state index in [1.807, 2.05) is 17.5 Å². The van der Waals surface area contributed by atoms with Gasteiger partial charge in [0.1, 0.15) is 5.01 Å². The molecule has 0 unspecified atom stereocenters. The van der Waals surface area contributed by atoms with Crippen LogP contribution in [0.1, 0.15) is 11.3 Å². The molecule has 84 valence electrons. The predicted octanol–water partition coefficient (Wildman–Crippen LogP) is 2.42. The molecule has 1 aromatic carbocycles. The summed E-state index contributed by atoms with van der Waals surface area (Å²) in [4.78, 5) is 4.48. The van der Waals surface area contributed by atoms with Crippen LogP contribution in [0.3, 0.4) is 0 Å². The molecule has 0 spiro atoms. The first-order chi connectivity index (χ1) is 7.85. The molecule has 2 aromatic rings. The van der Waals surface area contributed by atoms with Gasteiger partial charge in [-0.05, 0) is 5.56 Å². The lowest BCUT2D eigenvalue weighted by atomic mass is 10.1. The monoisotopic (exact) mass is 234 g/mol. The topological polar surface area (TPSA) is 48.1 Å². The van der Waals surface area contributed by atoms with Crippen molar-refractivity contribution in [3.63, 3.8) is 0 Å². The van der Waals surface area contributed by atoms with Crippen molar-refractivity contribution in [3.05, 3.63) is 40.9 Å². The highest BCUT2D eigenvalue weighted by Crippen LogP contribution is 2.27. The van der Waals surface area contributed by atoms with E-state index in [4.69, 9.17) is 10.5 Å². The summed E-state index contributed by atoms with van der Waals surface area (Å²) < 4.78 is 5.18. The number of nitrogens with two attached hydrogens (primary N) is 1. The zero-order valence-electron chi connectivity index (χ0n) is 9.14. The quantitative estimate of drug-likeness (QED) is 0.883. The van der Waals surface area contributed by atoms with Gasteiger partial charge in [-0.2, -0.15) is 0 Å². The number of rotatable bonds is 4. The molecule has 0 atom stereocenters. The molecule has 1 heterocycles. The van der Waals surface area contributed by atoms with Gasteiger partial charge in [0.25, 0.3) is 0 Å². The summed E-state index contributed by atoms with van der Waals surface area (Å²) in [6.45, 7) is 1.09. The Morgan fingerprint density at radius 2 is 2.19 bits per heavy atom. The van der Waals surface area contributed by atoms with E-state index in [1.165, 1.54) is 0 Å². The fourth-order valence-electron chi connectivity index (χ4n) is 1.53. The molecule has 0 fully saturated rings. The first kappa shape index (κ1) is 11.3. The number of ether oxygens (including phenoxy) is 1. The number of hydrogen-bond acceptors (Lipinski definition) is 4. The van der Waals surface area contributed by atoms with Crippen molar-refractivity contribution in [2.75, 3.05) is 7.11 Å². The van der Waals surface area contributed by atoms with Crippen molar-refractivity contribution in [2.45, 2.75) is 13.2 Å². The fraction of sp³-hybridized carbons (Fsp3) is 0.250. The first-order valence-electron chi connectivity index (χ1n) is 5.07. The van der Waals surface area contributed by atoms with E-state index in [9.17, 15) is 0 Å². The number of methoxy groups -OCH3 is 1. The van der Waals surface area contributed by atoms with E-state index >= 15 is 0 Å². The third kappa shape index (κ3) is 2.29. The van der Waals surface area contributed by atoms with Gasteiger partial charge >= 0.3 is 0 Å². The van der Waals surface area contributed by atoms with Gasteiger partial charge in [0.2, 0.25) is 0 Å². The number of benzene rings is 1. The third-order valence-electron chi connectivity index (χ3n) is 2.31. The summed E-state index contributed by atoms with van der Waals surface area (Å²) >= 11 is 1.62. The lowest BCUT2D eigenvalue weighted by Crippen LogP contribution is -1.96. The van der Waals surface area contributed by atoms with Gasteiger partial charge in [0.15, 0.2) is 0 Å². The van der Waals surface area contributed by atoms with Crippen LogP contribution in [-0.2, 0) is 17.9 Å². The summed E-state index contributed by atoms with van der Waals surface area (Å²) in [6.07, 6.45) is 0. The Morgan fingerprint density at radius 3 is 2.88 bits per heavy atom. The second-order valence-corrected chi connectivity index (χ2v) is 4.30. The van der Waals surface area contributed by atoms with Crippen molar-refractivity contribution in [2.24, 2.45) is 5.73 Å². The first-order valence-corrected chi connectivity index (χ1v) is 5.94. The number of thiazole rings is 1. The number of aromatic nitrogens is 1. The molecule has 1 aromatic heterocycles. The standard InChI is InChI=1S/C12H14N2OS/c1-15-7-9-4-2-3-5-11(9)12-14-10(6-13)8-16-12/h2-5,8H,6-7,13H2,1H3. The maximum absolute atomic E-state index is 5.56. The molecule has 0 aliphatic heterocycles. The van der Waals surface area contributed by atoms with Gasteiger partial charge in [-0.25, -0.2) is 4.98 Å². The molecule has 0 aliphatic rings. The molecule has 16 heavy (non-hydrogen) atoms. The van der Waals surface area contributed by atoms with Gasteiger partial charge in [-0.1, -0.05) is 24.3 Å². The van der Waals surface area contributed by atoms with Crippen LogP contribution in [0.4, 0.5) is 0 Å². The summed E-state index contributed by atoms with van der Waals surface area (Å²) in [5, 5.41) is 3.01. The van der Waals surface area contributed by atoms with Crippen LogP contribution in [0.5, 0.6) is 0 Å². The van der Waals surface area contributed by atoms with Crippen molar-refractivity contribution < 1.29 is 4.74 Å². The Labute approximate surface area is 98.9 Å². The van der Waals surface area contributed by atoms with Crippen LogP contribution < -0.4 is 5.73 Å². The van der Waals surface area contributed by atoms with Crippen LogP contribution in [0.15, 0.2) is 29.6 Å². The summed E-state index contributed by atoms with van der Waals surface area (Å²) in [5.74, 6) is 0. The molecular weight excluding hydrogens is 220 g/mol. The van der Waals surface area contributed by atoms with E-state index in [0.717, 1.165) is 21.8 Å². The summed E-state index contributed by atoms with van der Waals surface area (Å²) in [6, 6.07) is 8.14. The lowest BCUT2D eigenvalue weighted by molar-refractivity contribution is 0.185. The number of hydrogen-bond donors (Lipinski definition) is 1. The van der Waals surface area contributed by atoms with Crippen LogP contribution in [0, 0.1) is 0 Å². The Hall–Kier alpha value is -1.23. The van der Waals surface area contributed by atoms with E-state index in [2.05, 4.69) is 17.1 Å². The van der Waals surface area contributed by atoms with Crippen molar-refractivity contribution in [1.29, 1.82) is 0 Å². The Morgan fingerprint density at radius 1 is 1.38 bits per heavy atom. The summed E-state index contributed by atoms with van der Waals surface area (Å²) in [7, 11) is 1.70. The minimum Gasteiger partial charge on any atom is -0.380 e. The third-order valence-corrected chi connectivity index (χ3v) is 3.23. The van der Waals surface area contributed by atoms with Gasteiger partial charge in [0.05, 0.1) is 12.3 Å². The van der Waals surface area contributed by atoms with Crippen LogP contribution in [-0.4, -0.2) is 12.1 Å². The SMILES string of the molecule is COCc1ccccc1-c1nc(CN)cs1. The highest BCUT2D eigenvalue weighted by Gasteiger charge is 2.08. The fourth-order valence-corrected chi connectivity index (χ4v) is 2.43. The van der Waals surface area contributed by atoms with Crippen molar-refractivity contribution in [3.8, 4) is 10.6 Å². The van der Waals surface area contributed by atoms with Gasteiger partial charge in [-0.3, -0.25) is 0 Å². The zero-order valence-corrected chi connectivity index (χ0v) is 9.96. The second-order valence-electron chi connectivity index (χ2n) is 3.44.